The highest BCUT2D eigenvalue weighted by Crippen LogP contribution is 2.18. The summed E-state index contributed by atoms with van der Waals surface area (Å²) in [5.41, 5.74) is 1.50. The predicted molar refractivity (Wildman–Crippen MR) is 113 cm³/mol. The SMILES string of the molecule is COc1cccc(C(=O)OCC(=O)Nc2ccccc2C(=O)Nc2ccccc2)c1. The summed E-state index contributed by atoms with van der Waals surface area (Å²) in [4.78, 5) is 37.0. The van der Waals surface area contributed by atoms with E-state index in [1.54, 1.807) is 66.7 Å². The molecule has 0 atom stereocenters. The molecule has 0 bridgehead atoms. The van der Waals surface area contributed by atoms with Crippen LogP contribution in [0.2, 0.25) is 0 Å². The summed E-state index contributed by atoms with van der Waals surface area (Å²) in [6.45, 7) is -0.495. The fourth-order valence-corrected chi connectivity index (χ4v) is 2.66. The third-order valence-corrected chi connectivity index (χ3v) is 4.12. The fourth-order valence-electron chi connectivity index (χ4n) is 2.66. The maximum Gasteiger partial charge on any atom is 0.338 e. The molecule has 7 heteroatoms. The smallest absolute Gasteiger partial charge is 0.338 e. The number of para-hydroxylation sites is 2. The molecule has 7 nitrogen and oxygen atoms in total. The second kappa shape index (κ2) is 9.88. The quantitative estimate of drug-likeness (QED) is 0.585. The minimum Gasteiger partial charge on any atom is -0.497 e. The topological polar surface area (TPSA) is 93.7 Å². The van der Waals surface area contributed by atoms with Crippen LogP contribution in [0.25, 0.3) is 0 Å². The van der Waals surface area contributed by atoms with Crippen molar-refractivity contribution < 1.29 is 23.9 Å². The summed E-state index contributed by atoms with van der Waals surface area (Å²) in [5.74, 6) is -1.08. The predicted octanol–water partition coefficient (Wildman–Crippen LogP) is 3.74. The van der Waals surface area contributed by atoms with E-state index in [-0.39, 0.29) is 17.0 Å². The molecule has 0 radical (unpaired) electrons. The highest BCUT2D eigenvalue weighted by Gasteiger charge is 2.15. The number of nitrogens with one attached hydrogen (secondary N) is 2. The zero-order valence-electron chi connectivity index (χ0n) is 16.3. The molecule has 3 aromatic carbocycles. The van der Waals surface area contributed by atoms with Gasteiger partial charge in [0.05, 0.1) is 23.9 Å². The first kappa shape index (κ1) is 20.6. The van der Waals surface area contributed by atoms with Crippen LogP contribution in [0.5, 0.6) is 5.75 Å². The first-order valence-electron chi connectivity index (χ1n) is 9.13. The lowest BCUT2D eigenvalue weighted by atomic mass is 10.1. The largest absolute Gasteiger partial charge is 0.497 e. The minimum atomic E-state index is -0.654. The van der Waals surface area contributed by atoms with Gasteiger partial charge in [0.15, 0.2) is 6.61 Å². The van der Waals surface area contributed by atoms with Crippen molar-refractivity contribution in [1.82, 2.24) is 0 Å². The molecule has 0 heterocycles. The van der Waals surface area contributed by atoms with Crippen molar-refractivity contribution in [3.63, 3.8) is 0 Å². The number of esters is 1. The van der Waals surface area contributed by atoms with Crippen molar-refractivity contribution in [2.45, 2.75) is 0 Å². The maximum atomic E-state index is 12.6. The first-order valence-corrected chi connectivity index (χ1v) is 9.13. The van der Waals surface area contributed by atoms with Crippen LogP contribution >= 0.6 is 0 Å². The molecule has 0 spiro atoms. The van der Waals surface area contributed by atoms with Gasteiger partial charge in [0, 0.05) is 5.69 Å². The second-order valence-corrected chi connectivity index (χ2v) is 6.22. The van der Waals surface area contributed by atoms with Crippen LogP contribution in [-0.4, -0.2) is 31.5 Å². The van der Waals surface area contributed by atoms with Gasteiger partial charge in [-0.05, 0) is 42.5 Å². The minimum absolute atomic E-state index is 0.268. The number of benzene rings is 3. The standard InChI is InChI=1S/C23H20N2O5/c1-29-18-11-7-8-16(14-18)23(28)30-15-21(26)25-20-13-6-5-12-19(20)22(27)24-17-9-3-2-4-10-17/h2-14H,15H2,1H3,(H,24,27)(H,25,26). The Balaban J connectivity index is 1.61. The van der Waals surface area contributed by atoms with Crippen LogP contribution < -0.4 is 15.4 Å². The van der Waals surface area contributed by atoms with E-state index in [0.717, 1.165) is 0 Å². The molecule has 30 heavy (non-hydrogen) atoms. The Kier molecular flexibility index (Phi) is 6.78. The van der Waals surface area contributed by atoms with Gasteiger partial charge in [-0.25, -0.2) is 4.79 Å². The number of amides is 2. The number of carbonyl (C=O) groups is 3. The zero-order chi connectivity index (χ0) is 21.3. The lowest BCUT2D eigenvalue weighted by molar-refractivity contribution is -0.119. The lowest BCUT2D eigenvalue weighted by Crippen LogP contribution is -2.23. The van der Waals surface area contributed by atoms with Gasteiger partial charge in [-0.15, -0.1) is 0 Å². The highest BCUT2D eigenvalue weighted by atomic mass is 16.5. The molecule has 0 saturated heterocycles. The Morgan fingerprint density at radius 2 is 1.57 bits per heavy atom. The molecule has 0 aromatic heterocycles. The van der Waals surface area contributed by atoms with Crippen LogP contribution in [0.1, 0.15) is 20.7 Å². The Morgan fingerprint density at radius 3 is 2.33 bits per heavy atom. The van der Waals surface area contributed by atoms with E-state index in [1.807, 2.05) is 6.07 Å². The van der Waals surface area contributed by atoms with Gasteiger partial charge in [0.1, 0.15) is 5.75 Å². The summed E-state index contributed by atoms with van der Waals surface area (Å²) < 4.78 is 10.1. The van der Waals surface area contributed by atoms with Gasteiger partial charge in [-0.2, -0.15) is 0 Å². The van der Waals surface area contributed by atoms with Crippen LogP contribution in [0.4, 0.5) is 11.4 Å². The van der Waals surface area contributed by atoms with Crippen molar-refractivity contribution in [3.05, 3.63) is 90.0 Å². The van der Waals surface area contributed by atoms with Gasteiger partial charge >= 0.3 is 5.97 Å². The fraction of sp³-hybridized carbons (Fsp3) is 0.0870. The number of hydrogen-bond donors (Lipinski definition) is 2. The van der Waals surface area contributed by atoms with Crippen molar-refractivity contribution in [2.24, 2.45) is 0 Å². The van der Waals surface area contributed by atoms with Crippen LogP contribution in [0, 0.1) is 0 Å². The third kappa shape index (κ3) is 5.45. The van der Waals surface area contributed by atoms with E-state index in [9.17, 15) is 14.4 Å². The third-order valence-electron chi connectivity index (χ3n) is 4.12. The molecule has 3 aromatic rings. The molecule has 3 rings (SSSR count). The van der Waals surface area contributed by atoms with E-state index in [1.165, 1.54) is 13.2 Å². The monoisotopic (exact) mass is 404 g/mol. The van der Waals surface area contributed by atoms with E-state index in [4.69, 9.17) is 9.47 Å². The normalized spacial score (nSPS) is 10.0. The van der Waals surface area contributed by atoms with E-state index < -0.39 is 18.5 Å². The van der Waals surface area contributed by atoms with E-state index >= 15 is 0 Å². The molecule has 0 aliphatic rings. The molecule has 0 saturated carbocycles. The summed E-state index contributed by atoms with van der Waals surface area (Å²) in [7, 11) is 1.49. The van der Waals surface area contributed by atoms with Gasteiger partial charge < -0.3 is 20.1 Å². The van der Waals surface area contributed by atoms with Gasteiger partial charge in [0.2, 0.25) is 0 Å². The first-order chi connectivity index (χ1) is 14.6. The Hall–Kier alpha value is -4.13. The molecular formula is C23H20N2O5. The molecule has 2 amide bonds. The highest BCUT2D eigenvalue weighted by molar-refractivity contribution is 6.10. The van der Waals surface area contributed by atoms with Crippen molar-refractivity contribution >= 4 is 29.2 Å². The van der Waals surface area contributed by atoms with Crippen molar-refractivity contribution in [3.8, 4) is 5.75 Å². The Morgan fingerprint density at radius 1 is 0.833 bits per heavy atom. The molecule has 152 valence electrons. The molecule has 0 fully saturated rings. The molecule has 0 aliphatic carbocycles. The van der Waals surface area contributed by atoms with Crippen LogP contribution in [0.15, 0.2) is 78.9 Å². The molecule has 0 aliphatic heterocycles. The number of rotatable bonds is 7. The number of ether oxygens (including phenoxy) is 2. The molecular weight excluding hydrogens is 384 g/mol. The number of methoxy groups -OCH3 is 1. The Bertz CT molecular complexity index is 1050. The van der Waals surface area contributed by atoms with Gasteiger partial charge in [-0.3, -0.25) is 9.59 Å². The average molecular weight is 404 g/mol. The van der Waals surface area contributed by atoms with Crippen molar-refractivity contribution in [2.75, 3.05) is 24.4 Å². The van der Waals surface area contributed by atoms with Gasteiger partial charge in [-0.1, -0.05) is 36.4 Å². The maximum absolute atomic E-state index is 12.6. The van der Waals surface area contributed by atoms with Gasteiger partial charge in [0.25, 0.3) is 11.8 Å². The van der Waals surface area contributed by atoms with Crippen molar-refractivity contribution in [1.29, 1.82) is 0 Å². The van der Waals surface area contributed by atoms with E-state index in [0.29, 0.717) is 17.1 Å². The van der Waals surface area contributed by atoms with Crippen LogP contribution in [-0.2, 0) is 9.53 Å². The number of hydrogen-bond acceptors (Lipinski definition) is 5. The number of carbonyl (C=O) groups excluding carboxylic acids is 3. The molecule has 0 unspecified atom stereocenters. The second-order valence-electron chi connectivity index (χ2n) is 6.22. The summed E-state index contributed by atoms with van der Waals surface area (Å²) in [5, 5.41) is 5.37. The lowest BCUT2D eigenvalue weighted by Gasteiger charge is -2.12. The summed E-state index contributed by atoms with van der Waals surface area (Å²) in [6.07, 6.45) is 0. The average Bonchev–Trinajstić information content (AvgIpc) is 2.78. The summed E-state index contributed by atoms with van der Waals surface area (Å²) >= 11 is 0. The number of anilines is 2. The summed E-state index contributed by atoms with van der Waals surface area (Å²) in [6, 6.07) is 22.0. The van der Waals surface area contributed by atoms with Crippen LogP contribution in [0.3, 0.4) is 0 Å². The molecule has 2 N–H and O–H groups in total. The zero-order valence-corrected chi connectivity index (χ0v) is 16.3. The Labute approximate surface area is 173 Å². The van der Waals surface area contributed by atoms with E-state index in [2.05, 4.69) is 10.6 Å².